The van der Waals surface area contributed by atoms with E-state index in [1.807, 2.05) is 6.92 Å². The lowest BCUT2D eigenvalue weighted by Gasteiger charge is -2.25. The van der Waals surface area contributed by atoms with E-state index in [1.54, 1.807) is 20.8 Å². The number of hydrogen-bond donors (Lipinski definition) is 2. The van der Waals surface area contributed by atoms with Crippen LogP contribution in [0.15, 0.2) is 6.20 Å². The summed E-state index contributed by atoms with van der Waals surface area (Å²) in [6.07, 6.45) is 2.48. The van der Waals surface area contributed by atoms with Crippen LogP contribution in [0.4, 0.5) is 5.95 Å². The molecule has 1 aromatic heterocycles. The Kier molecular flexibility index (Phi) is 5.63. The van der Waals surface area contributed by atoms with Gasteiger partial charge in [0.2, 0.25) is 5.95 Å². The Labute approximate surface area is 123 Å². The maximum atomic E-state index is 11.7. The topological polar surface area (TPSA) is 101 Å². The Morgan fingerprint density at radius 3 is 2.57 bits per heavy atom. The molecule has 2 N–H and O–H groups in total. The predicted molar refractivity (Wildman–Crippen MR) is 77.3 cm³/mol. The van der Waals surface area contributed by atoms with E-state index >= 15 is 0 Å². The van der Waals surface area contributed by atoms with Gasteiger partial charge in [0.1, 0.15) is 5.54 Å². The van der Waals surface area contributed by atoms with Crippen LogP contribution in [-0.4, -0.2) is 39.2 Å². The van der Waals surface area contributed by atoms with E-state index in [-0.39, 0.29) is 18.1 Å². The zero-order valence-electron chi connectivity index (χ0n) is 12.8. The Bertz CT molecular complexity index is 533. The molecule has 0 aliphatic heterocycles. The first-order valence-electron chi connectivity index (χ1n) is 6.86. The first kappa shape index (κ1) is 16.9. The van der Waals surface area contributed by atoms with Crippen molar-refractivity contribution in [2.24, 2.45) is 0 Å². The number of aromatic nitrogens is 2. The van der Waals surface area contributed by atoms with Gasteiger partial charge in [-0.05, 0) is 27.2 Å². The number of carboxylic acids is 1. The quantitative estimate of drug-likeness (QED) is 0.742. The van der Waals surface area contributed by atoms with Crippen molar-refractivity contribution in [1.29, 1.82) is 0 Å². The van der Waals surface area contributed by atoms with Gasteiger partial charge >= 0.3 is 11.9 Å². The van der Waals surface area contributed by atoms with Gasteiger partial charge in [0.25, 0.3) is 0 Å². The van der Waals surface area contributed by atoms with Gasteiger partial charge in [-0.1, -0.05) is 13.3 Å². The Balaban J connectivity index is 2.98. The minimum atomic E-state index is -1.15. The molecule has 0 aliphatic rings. The molecule has 0 spiro atoms. The van der Waals surface area contributed by atoms with Crippen molar-refractivity contribution >= 4 is 17.9 Å². The highest BCUT2D eigenvalue weighted by Gasteiger charge is 2.33. The predicted octanol–water partition coefficient (Wildman–Crippen LogP) is 2.02. The van der Waals surface area contributed by atoms with Crippen LogP contribution in [0.25, 0.3) is 0 Å². The zero-order valence-corrected chi connectivity index (χ0v) is 12.8. The molecule has 1 heterocycles. The molecule has 1 unspecified atom stereocenters. The van der Waals surface area contributed by atoms with Crippen LogP contribution in [-0.2, 0) is 9.53 Å². The number of anilines is 1. The molecule has 7 nitrogen and oxygen atoms in total. The molecule has 116 valence electrons. The van der Waals surface area contributed by atoms with Crippen molar-refractivity contribution < 1.29 is 19.4 Å². The summed E-state index contributed by atoms with van der Waals surface area (Å²) in [4.78, 5) is 31.2. The molecule has 0 radical (unpaired) electrons. The second kappa shape index (κ2) is 7.01. The highest BCUT2D eigenvalue weighted by atomic mass is 16.5. The molecule has 0 fully saturated rings. The molecule has 1 aromatic rings. The van der Waals surface area contributed by atoms with Crippen molar-refractivity contribution in [3.05, 3.63) is 17.5 Å². The smallest absolute Gasteiger partial charge is 0.341 e. The van der Waals surface area contributed by atoms with E-state index in [0.29, 0.717) is 18.5 Å². The van der Waals surface area contributed by atoms with E-state index in [9.17, 15) is 14.7 Å². The summed E-state index contributed by atoms with van der Waals surface area (Å²) in [6, 6.07) is 0. The minimum absolute atomic E-state index is 0.180. The number of carbonyl (C=O) groups is 2. The van der Waals surface area contributed by atoms with Gasteiger partial charge in [-0.25, -0.2) is 19.6 Å². The standard InChI is InChI=1S/C14H21N3O4/c1-5-7-14(4,12(19)20)17-13-15-8-10(9(3)16-13)11(18)21-6-2/h8H,5-7H2,1-4H3,(H,19,20)(H,15,16,17). The number of carboxylic acid groups (broad SMARTS) is 1. The summed E-state index contributed by atoms with van der Waals surface area (Å²) in [7, 11) is 0. The molecule has 0 saturated heterocycles. The average Bonchev–Trinajstić information content (AvgIpc) is 2.39. The van der Waals surface area contributed by atoms with Gasteiger partial charge in [0.15, 0.2) is 0 Å². The maximum absolute atomic E-state index is 11.7. The Hall–Kier alpha value is -2.18. The zero-order chi connectivity index (χ0) is 16.0. The fraction of sp³-hybridized carbons (Fsp3) is 0.571. The largest absolute Gasteiger partial charge is 0.480 e. The maximum Gasteiger partial charge on any atom is 0.341 e. The van der Waals surface area contributed by atoms with Crippen LogP contribution in [0.2, 0.25) is 0 Å². The number of nitrogens with one attached hydrogen (secondary N) is 1. The van der Waals surface area contributed by atoms with Crippen molar-refractivity contribution in [3.8, 4) is 0 Å². The summed E-state index contributed by atoms with van der Waals surface area (Å²) in [5.41, 5.74) is -0.433. The number of aliphatic carboxylic acids is 1. The minimum Gasteiger partial charge on any atom is -0.480 e. The summed E-state index contributed by atoms with van der Waals surface area (Å²) >= 11 is 0. The first-order valence-corrected chi connectivity index (χ1v) is 6.86. The van der Waals surface area contributed by atoms with Gasteiger partial charge in [-0.3, -0.25) is 0 Å². The van der Waals surface area contributed by atoms with Crippen LogP contribution in [0.1, 0.15) is 49.7 Å². The molecule has 1 atom stereocenters. The number of ether oxygens (including phenoxy) is 1. The lowest BCUT2D eigenvalue weighted by molar-refractivity contribution is -0.142. The number of carbonyl (C=O) groups excluding carboxylic acids is 1. The van der Waals surface area contributed by atoms with Crippen molar-refractivity contribution in [3.63, 3.8) is 0 Å². The van der Waals surface area contributed by atoms with Gasteiger partial charge in [-0.2, -0.15) is 0 Å². The number of hydrogen-bond acceptors (Lipinski definition) is 6. The number of rotatable bonds is 7. The molecule has 0 saturated carbocycles. The number of nitrogens with zero attached hydrogens (tertiary/aromatic N) is 2. The lowest BCUT2D eigenvalue weighted by Crippen LogP contribution is -2.43. The summed E-state index contributed by atoms with van der Waals surface area (Å²) < 4.78 is 4.89. The second-order valence-electron chi connectivity index (χ2n) is 4.93. The van der Waals surface area contributed by atoms with Crippen molar-refractivity contribution in [2.45, 2.75) is 46.1 Å². The highest BCUT2D eigenvalue weighted by Crippen LogP contribution is 2.19. The van der Waals surface area contributed by atoms with Crippen LogP contribution in [0.5, 0.6) is 0 Å². The molecule has 1 rings (SSSR count). The van der Waals surface area contributed by atoms with E-state index in [0.717, 1.165) is 0 Å². The number of aryl methyl sites for hydroxylation is 1. The van der Waals surface area contributed by atoms with Crippen molar-refractivity contribution in [1.82, 2.24) is 9.97 Å². The molecule has 7 heteroatoms. The normalized spacial score (nSPS) is 13.3. The van der Waals surface area contributed by atoms with E-state index in [2.05, 4.69) is 15.3 Å². The fourth-order valence-corrected chi connectivity index (χ4v) is 1.91. The Morgan fingerprint density at radius 2 is 2.10 bits per heavy atom. The molecule has 0 aliphatic carbocycles. The molecule has 0 bridgehead atoms. The monoisotopic (exact) mass is 295 g/mol. The molecular formula is C14H21N3O4. The summed E-state index contributed by atoms with van der Waals surface area (Å²) in [5, 5.41) is 12.1. The molecule has 21 heavy (non-hydrogen) atoms. The summed E-state index contributed by atoms with van der Waals surface area (Å²) in [6.45, 7) is 7.12. The molecular weight excluding hydrogens is 274 g/mol. The van der Waals surface area contributed by atoms with E-state index in [1.165, 1.54) is 6.20 Å². The SMILES string of the molecule is CCCC(C)(Nc1ncc(C(=O)OCC)c(C)n1)C(=O)O. The fourth-order valence-electron chi connectivity index (χ4n) is 1.91. The van der Waals surface area contributed by atoms with Crippen LogP contribution in [0.3, 0.4) is 0 Å². The molecule has 0 aromatic carbocycles. The third kappa shape index (κ3) is 4.14. The van der Waals surface area contributed by atoms with Crippen LogP contribution < -0.4 is 5.32 Å². The van der Waals surface area contributed by atoms with E-state index in [4.69, 9.17) is 4.74 Å². The second-order valence-corrected chi connectivity index (χ2v) is 4.93. The average molecular weight is 295 g/mol. The highest BCUT2D eigenvalue weighted by molar-refractivity contribution is 5.90. The Morgan fingerprint density at radius 1 is 1.43 bits per heavy atom. The number of esters is 1. The van der Waals surface area contributed by atoms with Crippen molar-refractivity contribution in [2.75, 3.05) is 11.9 Å². The lowest BCUT2D eigenvalue weighted by atomic mass is 9.97. The van der Waals surface area contributed by atoms with Crippen LogP contribution in [0, 0.1) is 6.92 Å². The van der Waals surface area contributed by atoms with Gasteiger partial charge < -0.3 is 15.2 Å². The third-order valence-corrected chi connectivity index (χ3v) is 3.08. The third-order valence-electron chi connectivity index (χ3n) is 3.08. The van der Waals surface area contributed by atoms with Gasteiger partial charge in [0, 0.05) is 6.20 Å². The van der Waals surface area contributed by atoms with Gasteiger partial charge in [-0.15, -0.1) is 0 Å². The van der Waals surface area contributed by atoms with Crippen LogP contribution >= 0.6 is 0 Å². The van der Waals surface area contributed by atoms with Gasteiger partial charge in [0.05, 0.1) is 17.9 Å². The summed E-state index contributed by atoms with van der Waals surface area (Å²) in [5.74, 6) is -1.28. The molecule has 0 amide bonds. The van der Waals surface area contributed by atoms with E-state index < -0.39 is 17.5 Å². The first-order chi connectivity index (χ1) is 9.84.